The van der Waals surface area contributed by atoms with E-state index in [1.54, 1.807) is 11.8 Å². The van der Waals surface area contributed by atoms with E-state index in [-0.39, 0.29) is 5.78 Å². The Balaban J connectivity index is 1.99. The van der Waals surface area contributed by atoms with Crippen molar-refractivity contribution in [2.24, 2.45) is 0 Å². The first-order valence-electron chi connectivity index (χ1n) is 6.12. The SMILES string of the molecule is CSc1ccc(C(=O)CN2CCCC2C)cc1. The molecule has 1 aliphatic rings. The summed E-state index contributed by atoms with van der Waals surface area (Å²) in [5, 5.41) is 0. The standard InChI is InChI=1S/C14H19NOS/c1-11-4-3-9-15(11)10-14(16)12-5-7-13(17-2)8-6-12/h5-8,11H,3-4,9-10H2,1-2H3. The predicted molar refractivity (Wildman–Crippen MR) is 72.8 cm³/mol. The zero-order valence-corrected chi connectivity index (χ0v) is 11.3. The van der Waals surface area contributed by atoms with Gasteiger partial charge < -0.3 is 0 Å². The molecule has 1 aliphatic heterocycles. The minimum Gasteiger partial charge on any atom is -0.293 e. The highest BCUT2D eigenvalue weighted by Crippen LogP contribution is 2.18. The van der Waals surface area contributed by atoms with Gasteiger partial charge in [-0.1, -0.05) is 12.1 Å². The van der Waals surface area contributed by atoms with E-state index in [0.29, 0.717) is 12.6 Å². The molecule has 3 heteroatoms. The largest absolute Gasteiger partial charge is 0.293 e. The molecule has 1 heterocycles. The molecule has 1 aromatic rings. The third-order valence-electron chi connectivity index (χ3n) is 3.45. The van der Waals surface area contributed by atoms with Gasteiger partial charge in [0.1, 0.15) is 0 Å². The summed E-state index contributed by atoms with van der Waals surface area (Å²) in [5.74, 6) is 0.242. The minimum atomic E-state index is 0.242. The first-order valence-corrected chi connectivity index (χ1v) is 7.34. The number of Topliss-reactive ketones (excluding diaryl/α,β-unsaturated/α-hetero) is 1. The number of rotatable bonds is 4. The highest BCUT2D eigenvalue weighted by Gasteiger charge is 2.22. The second-order valence-corrected chi connectivity index (χ2v) is 5.49. The third-order valence-corrected chi connectivity index (χ3v) is 4.19. The molecular formula is C14H19NOS. The van der Waals surface area contributed by atoms with Crippen molar-refractivity contribution in [2.45, 2.75) is 30.7 Å². The molecular weight excluding hydrogens is 230 g/mol. The van der Waals surface area contributed by atoms with Crippen LogP contribution >= 0.6 is 11.8 Å². The highest BCUT2D eigenvalue weighted by atomic mass is 32.2. The first kappa shape index (κ1) is 12.7. The molecule has 1 saturated heterocycles. The maximum absolute atomic E-state index is 12.1. The lowest BCUT2D eigenvalue weighted by Crippen LogP contribution is -2.32. The van der Waals surface area contributed by atoms with Crippen molar-refractivity contribution in [1.29, 1.82) is 0 Å². The lowest BCUT2D eigenvalue weighted by molar-refractivity contribution is 0.0926. The molecule has 1 aromatic carbocycles. The summed E-state index contributed by atoms with van der Waals surface area (Å²) < 4.78 is 0. The number of nitrogens with zero attached hydrogens (tertiary/aromatic N) is 1. The number of ketones is 1. The van der Waals surface area contributed by atoms with Crippen LogP contribution in [0.2, 0.25) is 0 Å². The van der Waals surface area contributed by atoms with Crippen molar-refractivity contribution in [3.05, 3.63) is 29.8 Å². The van der Waals surface area contributed by atoms with E-state index < -0.39 is 0 Å². The third kappa shape index (κ3) is 3.11. The summed E-state index contributed by atoms with van der Waals surface area (Å²) >= 11 is 1.70. The second kappa shape index (κ2) is 5.69. The van der Waals surface area contributed by atoms with Crippen molar-refractivity contribution in [1.82, 2.24) is 4.90 Å². The summed E-state index contributed by atoms with van der Waals surface area (Å²) in [6.45, 7) is 3.84. The monoisotopic (exact) mass is 249 g/mol. The molecule has 1 fully saturated rings. The number of likely N-dealkylation sites (tertiary alicyclic amines) is 1. The Hall–Kier alpha value is -0.800. The topological polar surface area (TPSA) is 20.3 Å². The van der Waals surface area contributed by atoms with E-state index in [1.807, 2.05) is 30.5 Å². The number of benzene rings is 1. The molecule has 1 atom stereocenters. The van der Waals surface area contributed by atoms with Crippen LogP contribution in [0.1, 0.15) is 30.1 Å². The second-order valence-electron chi connectivity index (χ2n) is 4.61. The molecule has 0 bridgehead atoms. The lowest BCUT2D eigenvalue weighted by Gasteiger charge is -2.19. The fourth-order valence-electron chi connectivity index (χ4n) is 2.28. The van der Waals surface area contributed by atoms with Gasteiger partial charge in [0, 0.05) is 16.5 Å². The maximum atomic E-state index is 12.1. The average Bonchev–Trinajstić information content (AvgIpc) is 2.75. The lowest BCUT2D eigenvalue weighted by atomic mass is 10.1. The summed E-state index contributed by atoms with van der Waals surface area (Å²) in [5.41, 5.74) is 0.835. The zero-order chi connectivity index (χ0) is 12.3. The van der Waals surface area contributed by atoms with Crippen LogP contribution in [0, 0.1) is 0 Å². The van der Waals surface area contributed by atoms with Crippen molar-refractivity contribution >= 4 is 17.5 Å². The van der Waals surface area contributed by atoms with Gasteiger partial charge in [-0.2, -0.15) is 0 Å². The number of thioether (sulfide) groups is 1. The Morgan fingerprint density at radius 2 is 2.12 bits per heavy atom. The number of hydrogen-bond donors (Lipinski definition) is 0. The van der Waals surface area contributed by atoms with Crippen LogP contribution in [0.4, 0.5) is 0 Å². The van der Waals surface area contributed by atoms with Crippen molar-refractivity contribution in [3.63, 3.8) is 0 Å². The Morgan fingerprint density at radius 3 is 2.65 bits per heavy atom. The quantitative estimate of drug-likeness (QED) is 0.604. The van der Waals surface area contributed by atoms with Crippen molar-refractivity contribution in [3.8, 4) is 0 Å². The van der Waals surface area contributed by atoms with Gasteiger partial charge in [0.2, 0.25) is 0 Å². The number of carbonyl (C=O) groups is 1. The highest BCUT2D eigenvalue weighted by molar-refractivity contribution is 7.98. The Kier molecular flexibility index (Phi) is 4.24. The smallest absolute Gasteiger partial charge is 0.176 e. The molecule has 0 radical (unpaired) electrons. The molecule has 0 amide bonds. The van der Waals surface area contributed by atoms with Gasteiger partial charge in [0.05, 0.1) is 6.54 Å². The van der Waals surface area contributed by atoms with Crippen LogP contribution in [0.5, 0.6) is 0 Å². The fraction of sp³-hybridized carbons (Fsp3) is 0.500. The van der Waals surface area contributed by atoms with Gasteiger partial charge in [0.15, 0.2) is 5.78 Å². The van der Waals surface area contributed by atoms with Crippen molar-refractivity contribution in [2.75, 3.05) is 19.3 Å². The number of carbonyl (C=O) groups excluding carboxylic acids is 1. The Bertz CT molecular complexity index is 388. The van der Waals surface area contributed by atoms with Crippen LogP contribution in [0.15, 0.2) is 29.2 Å². The maximum Gasteiger partial charge on any atom is 0.176 e. The molecule has 0 spiro atoms. The van der Waals surface area contributed by atoms with Crippen LogP contribution < -0.4 is 0 Å². The minimum absolute atomic E-state index is 0.242. The Labute approximate surface area is 107 Å². The van der Waals surface area contributed by atoms with Gasteiger partial charge in [-0.3, -0.25) is 9.69 Å². The van der Waals surface area contributed by atoms with Crippen molar-refractivity contribution < 1.29 is 4.79 Å². The summed E-state index contributed by atoms with van der Waals surface area (Å²) in [7, 11) is 0. The molecule has 0 aliphatic carbocycles. The summed E-state index contributed by atoms with van der Waals surface area (Å²) in [4.78, 5) is 15.6. The Morgan fingerprint density at radius 1 is 1.41 bits per heavy atom. The molecule has 1 unspecified atom stereocenters. The fourth-order valence-corrected chi connectivity index (χ4v) is 2.69. The molecule has 0 N–H and O–H groups in total. The first-order chi connectivity index (χ1) is 8.20. The van der Waals surface area contributed by atoms with Gasteiger partial charge in [-0.15, -0.1) is 11.8 Å². The van der Waals surface area contributed by atoms with E-state index in [2.05, 4.69) is 11.8 Å². The molecule has 0 aromatic heterocycles. The molecule has 92 valence electrons. The summed E-state index contributed by atoms with van der Waals surface area (Å²) in [6, 6.07) is 8.48. The van der Waals surface area contributed by atoms with Gasteiger partial charge in [-0.05, 0) is 44.7 Å². The average molecular weight is 249 g/mol. The van der Waals surface area contributed by atoms with Gasteiger partial charge >= 0.3 is 0 Å². The van der Waals surface area contributed by atoms with Crippen LogP contribution in [0.25, 0.3) is 0 Å². The van der Waals surface area contributed by atoms with E-state index in [1.165, 1.54) is 17.7 Å². The van der Waals surface area contributed by atoms with E-state index in [4.69, 9.17) is 0 Å². The molecule has 17 heavy (non-hydrogen) atoms. The number of hydrogen-bond acceptors (Lipinski definition) is 3. The zero-order valence-electron chi connectivity index (χ0n) is 10.5. The normalized spacial score (nSPS) is 20.7. The molecule has 2 nitrogen and oxygen atoms in total. The van der Waals surface area contributed by atoms with Gasteiger partial charge in [0.25, 0.3) is 0 Å². The van der Waals surface area contributed by atoms with E-state index in [9.17, 15) is 4.79 Å². The summed E-state index contributed by atoms with van der Waals surface area (Å²) in [6.07, 6.45) is 4.49. The molecule has 0 saturated carbocycles. The van der Waals surface area contributed by atoms with E-state index in [0.717, 1.165) is 12.1 Å². The molecule has 2 rings (SSSR count). The van der Waals surface area contributed by atoms with E-state index >= 15 is 0 Å². The van der Waals surface area contributed by atoms with Gasteiger partial charge in [-0.25, -0.2) is 0 Å². The van der Waals surface area contributed by atoms with Crippen LogP contribution in [-0.2, 0) is 0 Å². The van der Waals surface area contributed by atoms with Crippen LogP contribution in [0.3, 0.4) is 0 Å². The predicted octanol–water partition coefficient (Wildman–Crippen LogP) is 3.08. The van der Waals surface area contributed by atoms with Crippen LogP contribution in [-0.4, -0.2) is 36.1 Å².